The van der Waals surface area contributed by atoms with E-state index in [2.05, 4.69) is 0 Å². The largest absolute Gasteiger partial charge is 0.482 e. The molecule has 0 aliphatic carbocycles. The fourth-order valence-electron chi connectivity index (χ4n) is 1.40. The van der Waals surface area contributed by atoms with Crippen LogP contribution in [0.15, 0.2) is 18.2 Å². The fourth-order valence-corrected chi connectivity index (χ4v) is 1.57. The molecule has 1 heterocycles. The van der Waals surface area contributed by atoms with Gasteiger partial charge in [0.25, 0.3) is 5.91 Å². The first-order valence-corrected chi connectivity index (χ1v) is 4.84. The third-order valence-electron chi connectivity index (χ3n) is 2.26. The van der Waals surface area contributed by atoms with E-state index in [1.165, 1.54) is 0 Å². The van der Waals surface area contributed by atoms with Crippen molar-refractivity contribution in [3.63, 3.8) is 0 Å². The number of ether oxygens (including phenoxy) is 1. The molecule has 1 aromatic carbocycles. The van der Waals surface area contributed by atoms with E-state index in [-0.39, 0.29) is 12.5 Å². The van der Waals surface area contributed by atoms with Gasteiger partial charge in [-0.1, -0.05) is 6.07 Å². The van der Waals surface area contributed by atoms with Crippen LogP contribution in [0.5, 0.6) is 5.75 Å². The molecule has 0 radical (unpaired) electrons. The summed E-state index contributed by atoms with van der Waals surface area (Å²) in [7, 11) is 1.74. The minimum absolute atomic E-state index is 0.0378. The Morgan fingerprint density at radius 2 is 2.36 bits per heavy atom. The van der Waals surface area contributed by atoms with Gasteiger partial charge in [-0.25, -0.2) is 0 Å². The number of likely N-dealkylation sites (N-methyl/N-ethyl adjacent to an activating group) is 1. The third kappa shape index (κ3) is 1.44. The second kappa shape index (κ2) is 3.50. The maximum Gasteiger partial charge on any atom is 0.264 e. The Balaban J connectivity index is 2.46. The van der Waals surface area contributed by atoms with Crippen molar-refractivity contribution in [2.45, 2.75) is 5.88 Å². The number of carbonyl (C=O) groups excluding carboxylic acids is 1. The molecule has 0 N–H and O–H groups in total. The lowest BCUT2D eigenvalue weighted by atomic mass is 10.2. The zero-order chi connectivity index (χ0) is 10.1. The standard InChI is InChI=1S/C10H10ClNO2/c1-12-8-4-7(5-11)2-3-9(8)14-6-10(12)13/h2-4H,5-6H2,1H3. The summed E-state index contributed by atoms with van der Waals surface area (Å²) < 4.78 is 5.27. The number of benzene rings is 1. The van der Waals surface area contributed by atoms with Gasteiger partial charge in [0.2, 0.25) is 0 Å². The van der Waals surface area contributed by atoms with Crippen LogP contribution in [-0.4, -0.2) is 19.6 Å². The van der Waals surface area contributed by atoms with E-state index in [0.29, 0.717) is 5.88 Å². The molecular formula is C10H10ClNO2. The molecule has 74 valence electrons. The average Bonchev–Trinajstić information content (AvgIpc) is 2.23. The molecule has 1 aliphatic rings. The zero-order valence-corrected chi connectivity index (χ0v) is 8.54. The highest BCUT2D eigenvalue weighted by Crippen LogP contribution is 2.32. The molecule has 1 aromatic rings. The maximum atomic E-state index is 11.3. The van der Waals surface area contributed by atoms with Crippen molar-refractivity contribution in [2.24, 2.45) is 0 Å². The van der Waals surface area contributed by atoms with Crippen molar-refractivity contribution in [3.8, 4) is 5.75 Å². The molecule has 1 aliphatic heterocycles. The Bertz CT molecular complexity index is 378. The monoisotopic (exact) mass is 211 g/mol. The highest BCUT2D eigenvalue weighted by molar-refractivity contribution is 6.17. The molecular weight excluding hydrogens is 202 g/mol. The molecule has 2 rings (SSSR count). The van der Waals surface area contributed by atoms with Gasteiger partial charge in [0, 0.05) is 12.9 Å². The van der Waals surface area contributed by atoms with Crippen molar-refractivity contribution >= 4 is 23.2 Å². The summed E-state index contributed by atoms with van der Waals surface area (Å²) in [5, 5.41) is 0. The van der Waals surface area contributed by atoms with Gasteiger partial charge in [-0.15, -0.1) is 11.6 Å². The zero-order valence-electron chi connectivity index (χ0n) is 7.79. The highest BCUT2D eigenvalue weighted by Gasteiger charge is 2.21. The average molecular weight is 212 g/mol. The lowest BCUT2D eigenvalue weighted by molar-refractivity contribution is -0.120. The smallest absolute Gasteiger partial charge is 0.264 e. The SMILES string of the molecule is CN1C(=O)COc2ccc(CCl)cc21. The Morgan fingerprint density at radius 1 is 1.57 bits per heavy atom. The molecule has 14 heavy (non-hydrogen) atoms. The van der Waals surface area contributed by atoms with Gasteiger partial charge in [-0.2, -0.15) is 0 Å². The molecule has 0 unspecified atom stereocenters. The molecule has 0 saturated carbocycles. The summed E-state index contributed by atoms with van der Waals surface area (Å²) in [6.45, 7) is 0.115. The second-order valence-corrected chi connectivity index (χ2v) is 3.44. The maximum absolute atomic E-state index is 11.3. The molecule has 0 saturated heterocycles. The number of rotatable bonds is 1. The van der Waals surface area contributed by atoms with E-state index < -0.39 is 0 Å². The number of fused-ring (bicyclic) bond motifs is 1. The van der Waals surface area contributed by atoms with Crippen LogP contribution in [0.3, 0.4) is 0 Å². The minimum Gasteiger partial charge on any atom is -0.482 e. The predicted octanol–water partition coefficient (Wildman–Crippen LogP) is 1.78. The van der Waals surface area contributed by atoms with Crippen LogP contribution >= 0.6 is 11.6 Å². The lowest BCUT2D eigenvalue weighted by Crippen LogP contribution is -2.35. The van der Waals surface area contributed by atoms with Gasteiger partial charge in [0.15, 0.2) is 6.61 Å². The van der Waals surface area contributed by atoms with E-state index in [1.54, 1.807) is 11.9 Å². The summed E-state index contributed by atoms with van der Waals surface area (Å²) in [6.07, 6.45) is 0. The van der Waals surface area contributed by atoms with E-state index in [9.17, 15) is 4.79 Å². The van der Waals surface area contributed by atoms with Gasteiger partial charge in [-0.05, 0) is 17.7 Å². The lowest BCUT2D eigenvalue weighted by Gasteiger charge is -2.26. The van der Waals surface area contributed by atoms with Gasteiger partial charge in [0.05, 0.1) is 5.69 Å². The molecule has 1 amide bonds. The number of halogens is 1. The molecule has 0 fully saturated rings. The summed E-state index contributed by atoms with van der Waals surface area (Å²) in [5.41, 5.74) is 1.77. The van der Waals surface area contributed by atoms with E-state index in [0.717, 1.165) is 17.0 Å². The Hall–Kier alpha value is -1.22. The van der Waals surface area contributed by atoms with Crippen molar-refractivity contribution in [3.05, 3.63) is 23.8 Å². The van der Waals surface area contributed by atoms with Crippen molar-refractivity contribution in [1.29, 1.82) is 0 Å². The van der Waals surface area contributed by atoms with Gasteiger partial charge in [-0.3, -0.25) is 4.79 Å². The first-order valence-electron chi connectivity index (χ1n) is 4.30. The number of alkyl halides is 1. The number of nitrogens with zero attached hydrogens (tertiary/aromatic N) is 1. The summed E-state index contributed by atoms with van der Waals surface area (Å²) in [4.78, 5) is 12.9. The normalized spacial score (nSPS) is 15.0. The molecule has 0 bridgehead atoms. The van der Waals surface area contributed by atoms with Crippen molar-refractivity contribution in [2.75, 3.05) is 18.6 Å². The first-order chi connectivity index (χ1) is 6.72. The summed E-state index contributed by atoms with van der Waals surface area (Å²) >= 11 is 5.71. The van der Waals surface area contributed by atoms with Gasteiger partial charge >= 0.3 is 0 Å². The van der Waals surface area contributed by atoms with E-state index in [1.807, 2.05) is 18.2 Å². The number of amides is 1. The molecule has 0 aromatic heterocycles. The van der Waals surface area contributed by atoms with E-state index in [4.69, 9.17) is 16.3 Å². The Morgan fingerprint density at radius 3 is 3.07 bits per heavy atom. The number of carbonyl (C=O) groups is 1. The number of hydrogen-bond donors (Lipinski definition) is 0. The van der Waals surface area contributed by atoms with Crippen LogP contribution in [0.25, 0.3) is 0 Å². The summed E-state index contributed by atoms with van der Waals surface area (Å²) in [6, 6.07) is 5.62. The minimum atomic E-state index is -0.0378. The van der Waals surface area contributed by atoms with Crippen LogP contribution in [0.2, 0.25) is 0 Å². The van der Waals surface area contributed by atoms with Gasteiger partial charge in [0.1, 0.15) is 5.75 Å². The second-order valence-electron chi connectivity index (χ2n) is 3.18. The van der Waals surface area contributed by atoms with Crippen LogP contribution < -0.4 is 9.64 Å². The fraction of sp³-hybridized carbons (Fsp3) is 0.300. The number of hydrogen-bond acceptors (Lipinski definition) is 2. The predicted molar refractivity (Wildman–Crippen MR) is 54.9 cm³/mol. The van der Waals surface area contributed by atoms with Crippen LogP contribution in [0, 0.1) is 0 Å². The van der Waals surface area contributed by atoms with Crippen LogP contribution in [-0.2, 0) is 10.7 Å². The topological polar surface area (TPSA) is 29.5 Å². The Labute approximate surface area is 87.2 Å². The van der Waals surface area contributed by atoms with Crippen molar-refractivity contribution in [1.82, 2.24) is 0 Å². The third-order valence-corrected chi connectivity index (χ3v) is 2.57. The quantitative estimate of drug-likeness (QED) is 0.663. The molecule has 4 heteroatoms. The molecule has 3 nitrogen and oxygen atoms in total. The number of anilines is 1. The highest BCUT2D eigenvalue weighted by atomic mass is 35.5. The van der Waals surface area contributed by atoms with Crippen LogP contribution in [0.4, 0.5) is 5.69 Å². The van der Waals surface area contributed by atoms with Crippen molar-refractivity contribution < 1.29 is 9.53 Å². The Kier molecular flexibility index (Phi) is 2.33. The summed E-state index contributed by atoms with van der Waals surface area (Å²) in [5.74, 6) is 1.14. The molecule has 0 spiro atoms. The first kappa shape index (κ1) is 9.34. The molecule has 0 atom stereocenters. The van der Waals surface area contributed by atoms with E-state index >= 15 is 0 Å². The van der Waals surface area contributed by atoms with Crippen LogP contribution in [0.1, 0.15) is 5.56 Å². The van der Waals surface area contributed by atoms with Gasteiger partial charge < -0.3 is 9.64 Å².